The Hall–Kier alpha value is -2.75. The molecule has 0 aliphatic heterocycles. The number of hydrogen-bond acceptors (Lipinski definition) is 0. The van der Waals surface area contributed by atoms with Gasteiger partial charge in [0, 0.05) is 5.56 Å². The highest BCUT2D eigenvalue weighted by molar-refractivity contribution is 6.53. The molecule has 0 aromatic heterocycles. The molecule has 0 saturated heterocycles. The van der Waals surface area contributed by atoms with Gasteiger partial charge in [0.05, 0.1) is 10.6 Å². The van der Waals surface area contributed by atoms with Gasteiger partial charge in [0.1, 0.15) is 0 Å². The van der Waals surface area contributed by atoms with Crippen molar-refractivity contribution in [1.29, 1.82) is 0 Å². The van der Waals surface area contributed by atoms with Crippen molar-refractivity contribution in [1.82, 2.24) is 0 Å². The van der Waals surface area contributed by atoms with Crippen LogP contribution >= 0.6 is 11.6 Å². The lowest BCUT2D eigenvalue weighted by Crippen LogP contribution is -1.86. The zero-order valence-corrected chi connectivity index (χ0v) is 14.2. The summed E-state index contributed by atoms with van der Waals surface area (Å²) < 4.78 is 0. The van der Waals surface area contributed by atoms with E-state index >= 15 is 0 Å². The van der Waals surface area contributed by atoms with Gasteiger partial charge in [-0.1, -0.05) is 102 Å². The zero-order chi connectivity index (χ0) is 16.8. The van der Waals surface area contributed by atoms with Crippen molar-refractivity contribution in [2.24, 2.45) is 0 Å². The molecular weight excluding hydrogens is 312 g/mol. The Balaban J connectivity index is 2.09. The van der Waals surface area contributed by atoms with Crippen LogP contribution in [0.3, 0.4) is 0 Å². The molecule has 0 N–H and O–H groups in total. The van der Waals surface area contributed by atoms with Crippen molar-refractivity contribution in [3.05, 3.63) is 107 Å². The van der Waals surface area contributed by atoms with Crippen molar-refractivity contribution >= 4 is 22.2 Å². The molecule has 3 aromatic rings. The maximum Gasteiger partial charge on any atom is 0.0641 e. The third-order valence-electron chi connectivity index (χ3n) is 3.69. The van der Waals surface area contributed by atoms with Crippen LogP contribution in [0, 0.1) is 18.8 Å². The Morgan fingerprint density at radius 2 is 1.25 bits per heavy atom. The fourth-order valence-electron chi connectivity index (χ4n) is 2.36. The summed E-state index contributed by atoms with van der Waals surface area (Å²) in [4.78, 5) is 0. The molecule has 0 saturated carbocycles. The highest BCUT2D eigenvalue weighted by Gasteiger charge is 2.07. The molecule has 116 valence electrons. The van der Waals surface area contributed by atoms with Crippen LogP contribution in [0.4, 0.5) is 0 Å². The van der Waals surface area contributed by atoms with Crippen LogP contribution in [0.5, 0.6) is 0 Å². The van der Waals surface area contributed by atoms with Gasteiger partial charge in [-0.15, -0.1) is 0 Å². The fraction of sp³-hybridized carbons (Fsp3) is 0.0435. The Morgan fingerprint density at radius 3 is 1.83 bits per heavy atom. The third-order valence-corrected chi connectivity index (χ3v) is 4.10. The van der Waals surface area contributed by atoms with Gasteiger partial charge in [0.15, 0.2) is 0 Å². The summed E-state index contributed by atoms with van der Waals surface area (Å²) >= 11 is 6.68. The Morgan fingerprint density at radius 1 is 0.708 bits per heavy atom. The summed E-state index contributed by atoms with van der Waals surface area (Å²) in [6.45, 7) is 2.07. The minimum absolute atomic E-state index is 0.668. The summed E-state index contributed by atoms with van der Waals surface area (Å²) in [6, 6.07) is 28.2. The molecule has 3 aromatic carbocycles. The lowest BCUT2D eigenvalue weighted by Gasteiger charge is -2.06. The third kappa shape index (κ3) is 3.96. The van der Waals surface area contributed by atoms with Gasteiger partial charge in [-0.3, -0.25) is 0 Å². The molecule has 0 nitrogen and oxygen atoms in total. The fourth-order valence-corrected chi connectivity index (χ4v) is 2.64. The second-order valence-electron chi connectivity index (χ2n) is 5.54. The number of aryl methyl sites for hydroxylation is 1. The summed E-state index contributed by atoms with van der Waals surface area (Å²) in [7, 11) is 0. The number of allylic oxidation sites excluding steroid dienone is 1. The average molecular weight is 329 g/mol. The SMILES string of the molecule is Cc1ccc(C#C/C(=C(\Cl)c2ccccc2)c2ccccc2)cc1. The lowest BCUT2D eigenvalue weighted by atomic mass is 10.0. The first kappa shape index (κ1) is 16.1. The Bertz CT molecular complexity index is 893. The van der Waals surface area contributed by atoms with Crippen LogP contribution in [-0.4, -0.2) is 0 Å². The van der Waals surface area contributed by atoms with E-state index in [-0.39, 0.29) is 0 Å². The van der Waals surface area contributed by atoms with E-state index in [4.69, 9.17) is 11.6 Å². The van der Waals surface area contributed by atoms with Crippen LogP contribution in [0.1, 0.15) is 22.3 Å². The largest absolute Gasteiger partial charge is 0.0823 e. The molecule has 1 heteroatoms. The van der Waals surface area contributed by atoms with E-state index in [0.29, 0.717) is 5.03 Å². The Labute approximate surface area is 148 Å². The van der Waals surface area contributed by atoms with Gasteiger partial charge < -0.3 is 0 Å². The summed E-state index contributed by atoms with van der Waals surface area (Å²) in [6.07, 6.45) is 0. The van der Waals surface area contributed by atoms with Gasteiger partial charge in [-0.05, 0) is 30.2 Å². The van der Waals surface area contributed by atoms with Crippen LogP contribution in [-0.2, 0) is 0 Å². The van der Waals surface area contributed by atoms with Gasteiger partial charge in [-0.2, -0.15) is 0 Å². The normalized spacial score (nSPS) is 11.2. The highest BCUT2D eigenvalue weighted by atomic mass is 35.5. The molecule has 24 heavy (non-hydrogen) atoms. The molecule has 0 aliphatic rings. The van der Waals surface area contributed by atoms with Gasteiger partial charge >= 0.3 is 0 Å². The first-order chi connectivity index (χ1) is 11.7. The molecule has 0 heterocycles. The standard InChI is InChI=1S/C23H17Cl/c1-18-12-14-19(15-13-18)16-17-22(20-8-4-2-5-9-20)23(24)21-10-6-3-7-11-21/h2-15H,1H3/b23-22+. The molecule has 0 bridgehead atoms. The number of rotatable bonds is 2. The smallest absolute Gasteiger partial charge is 0.0641 e. The first-order valence-corrected chi connectivity index (χ1v) is 8.21. The van der Waals surface area contributed by atoms with Crippen LogP contribution < -0.4 is 0 Å². The maximum atomic E-state index is 6.68. The topological polar surface area (TPSA) is 0 Å². The molecule has 0 radical (unpaired) electrons. The van der Waals surface area contributed by atoms with E-state index in [1.54, 1.807) is 0 Å². The van der Waals surface area contributed by atoms with Crippen LogP contribution in [0.2, 0.25) is 0 Å². The van der Waals surface area contributed by atoms with Crippen molar-refractivity contribution in [3.63, 3.8) is 0 Å². The van der Waals surface area contributed by atoms with E-state index in [0.717, 1.165) is 22.3 Å². The predicted octanol–water partition coefficient (Wildman–Crippen LogP) is 6.15. The lowest BCUT2D eigenvalue weighted by molar-refractivity contribution is 1.46. The maximum absolute atomic E-state index is 6.68. The molecule has 3 rings (SSSR count). The molecule has 0 spiro atoms. The molecular formula is C23H17Cl. The van der Waals surface area contributed by atoms with Gasteiger partial charge in [0.2, 0.25) is 0 Å². The van der Waals surface area contributed by atoms with Gasteiger partial charge in [-0.25, -0.2) is 0 Å². The highest BCUT2D eigenvalue weighted by Crippen LogP contribution is 2.29. The Kier molecular flexibility index (Phi) is 5.16. The van der Waals surface area contributed by atoms with E-state index < -0.39 is 0 Å². The van der Waals surface area contributed by atoms with E-state index in [1.165, 1.54) is 5.56 Å². The molecule has 0 atom stereocenters. The van der Waals surface area contributed by atoms with Crippen LogP contribution in [0.25, 0.3) is 10.6 Å². The molecule has 0 aliphatic carbocycles. The minimum atomic E-state index is 0.668. The van der Waals surface area contributed by atoms with Crippen molar-refractivity contribution in [3.8, 4) is 11.8 Å². The average Bonchev–Trinajstić information content (AvgIpc) is 2.65. The molecule has 0 amide bonds. The van der Waals surface area contributed by atoms with Gasteiger partial charge in [0.25, 0.3) is 0 Å². The predicted molar refractivity (Wildman–Crippen MR) is 104 cm³/mol. The number of hydrogen-bond donors (Lipinski definition) is 0. The molecule has 0 unspecified atom stereocenters. The van der Waals surface area contributed by atoms with Crippen molar-refractivity contribution < 1.29 is 0 Å². The number of benzene rings is 3. The second-order valence-corrected chi connectivity index (χ2v) is 5.92. The first-order valence-electron chi connectivity index (χ1n) is 7.83. The summed E-state index contributed by atoms with van der Waals surface area (Å²) in [5.41, 5.74) is 5.03. The monoisotopic (exact) mass is 328 g/mol. The minimum Gasteiger partial charge on any atom is -0.0823 e. The van der Waals surface area contributed by atoms with E-state index in [9.17, 15) is 0 Å². The molecule has 0 fully saturated rings. The quantitative estimate of drug-likeness (QED) is 0.390. The second kappa shape index (κ2) is 7.68. The zero-order valence-electron chi connectivity index (χ0n) is 13.5. The van der Waals surface area contributed by atoms with Crippen molar-refractivity contribution in [2.45, 2.75) is 6.92 Å². The summed E-state index contributed by atoms with van der Waals surface area (Å²) in [5, 5.41) is 0.668. The van der Waals surface area contributed by atoms with E-state index in [2.05, 4.69) is 30.9 Å². The van der Waals surface area contributed by atoms with E-state index in [1.807, 2.05) is 72.8 Å². The number of halogens is 1. The van der Waals surface area contributed by atoms with Crippen molar-refractivity contribution in [2.75, 3.05) is 0 Å². The van der Waals surface area contributed by atoms with Crippen LogP contribution in [0.15, 0.2) is 84.9 Å². The summed E-state index contributed by atoms with van der Waals surface area (Å²) in [5.74, 6) is 6.50.